The fourth-order valence-corrected chi connectivity index (χ4v) is 5.96. The topological polar surface area (TPSA) is 299 Å². The Kier molecular flexibility index (Phi) is 16.3. The number of nitrogens with two attached hydrogens (primary N) is 2. The molecule has 9 N–H and O–H groups in total. The molecule has 1 aliphatic heterocycles. The lowest BCUT2D eigenvalue weighted by Crippen LogP contribution is -2.63. The molecule has 1 heterocycles. The van der Waals surface area contributed by atoms with Crippen LogP contribution in [0.4, 0.5) is 21.0 Å². The van der Waals surface area contributed by atoms with Gasteiger partial charge in [0.05, 0.1) is 32.7 Å². The monoisotopic (exact) mass is 830 g/mol. The average molecular weight is 831 g/mol. The molecule has 0 aromatic heterocycles. The number of nitrogens with zero attached hydrogens (tertiary/aromatic N) is 4. The molecule has 1 aliphatic rings. The second-order valence-corrected chi connectivity index (χ2v) is 13.0. The van der Waals surface area contributed by atoms with E-state index in [0.717, 1.165) is 4.90 Å². The quantitative estimate of drug-likeness (QED) is 0.0639. The summed E-state index contributed by atoms with van der Waals surface area (Å²) in [5.74, 6) is -3.33. The zero-order valence-electron chi connectivity index (χ0n) is 33.0. The third-order valence-corrected chi connectivity index (χ3v) is 8.92. The minimum atomic E-state index is -1.22. The number of methoxy groups -OCH3 is 3. The highest BCUT2D eigenvalue weighted by atomic mass is 16.5. The number of carbonyl (C=O) groups is 7. The van der Waals surface area contributed by atoms with Crippen LogP contribution in [0.1, 0.15) is 39.1 Å². The van der Waals surface area contributed by atoms with E-state index in [0.29, 0.717) is 22.7 Å². The molecule has 0 bridgehead atoms. The minimum Gasteiger partial charge on any atom is -0.497 e. The predicted molar refractivity (Wildman–Crippen MR) is 216 cm³/mol. The summed E-state index contributed by atoms with van der Waals surface area (Å²) in [6, 6.07) is 16.4. The maximum absolute atomic E-state index is 14.5. The number of alkyl carbamates (subject to hydrolysis) is 2. The molecule has 21 heteroatoms. The molecule has 1 saturated heterocycles. The molecule has 0 aliphatic carbocycles. The van der Waals surface area contributed by atoms with E-state index < -0.39 is 60.4 Å². The van der Waals surface area contributed by atoms with E-state index in [1.54, 1.807) is 24.3 Å². The van der Waals surface area contributed by atoms with Gasteiger partial charge < -0.3 is 51.2 Å². The van der Waals surface area contributed by atoms with Crippen LogP contribution in [0, 0.1) is 0 Å². The number of benzene rings is 3. The maximum Gasteiger partial charge on any atom is 0.413 e. The molecular weight excluding hydrogens is 784 g/mol. The standard InChI is InChI=1S/C39H46N10O11/c1-58-28-16-6-23(7-17-28)21-29(45-33(53)25-10-14-27(15-11-25)44-37(41)47-39(57)60-3)34(54)49-20-19-48(22-31(50)51)35(55)30(49)5-4-18-42-32(52)24-8-12-26(13-9-24)43-36(40)46-38(56)59-2/h6-17,29-30H,4-5,18-22H2,1-3H3,(H,42,52)(H,45,53)(H,50,51)(H3,40,43,46,56)(H3,41,44,47,57). The van der Waals surface area contributed by atoms with Crippen LogP contribution in [0.15, 0.2) is 82.8 Å². The van der Waals surface area contributed by atoms with Crippen molar-refractivity contribution in [3.8, 4) is 5.75 Å². The van der Waals surface area contributed by atoms with Gasteiger partial charge in [-0.3, -0.25) is 34.6 Å². The number of aliphatic carboxylic acids is 1. The zero-order valence-corrected chi connectivity index (χ0v) is 33.0. The largest absolute Gasteiger partial charge is 0.497 e. The zero-order chi connectivity index (χ0) is 43.8. The van der Waals surface area contributed by atoms with E-state index in [9.17, 15) is 38.7 Å². The first kappa shape index (κ1) is 45.0. The number of rotatable bonds is 15. The molecule has 2 unspecified atom stereocenters. The molecule has 4 rings (SSSR count). The van der Waals surface area contributed by atoms with Gasteiger partial charge in [-0.05, 0) is 79.1 Å². The highest BCUT2D eigenvalue weighted by molar-refractivity contribution is 6.00. The maximum atomic E-state index is 14.5. The summed E-state index contributed by atoms with van der Waals surface area (Å²) in [4.78, 5) is 99.7. The minimum absolute atomic E-state index is 0.0217. The molecule has 0 spiro atoms. The summed E-state index contributed by atoms with van der Waals surface area (Å²) in [6.45, 7) is -0.565. The van der Waals surface area contributed by atoms with Crippen molar-refractivity contribution < 1.29 is 52.9 Å². The van der Waals surface area contributed by atoms with E-state index in [-0.39, 0.29) is 61.9 Å². The first-order chi connectivity index (χ1) is 28.7. The lowest BCUT2D eigenvalue weighted by molar-refractivity contribution is -0.156. The first-order valence-electron chi connectivity index (χ1n) is 18.3. The molecule has 0 radical (unpaired) electrons. The number of carbonyl (C=O) groups excluding carboxylic acids is 6. The normalized spacial score (nSPS) is 14.7. The van der Waals surface area contributed by atoms with E-state index in [2.05, 4.69) is 40.7 Å². The predicted octanol–water partition coefficient (Wildman–Crippen LogP) is 0.975. The van der Waals surface area contributed by atoms with Crippen LogP contribution < -0.4 is 37.5 Å². The molecule has 6 amide bonds. The van der Waals surface area contributed by atoms with Crippen molar-refractivity contribution in [3.63, 3.8) is 0 Å². The van der Waals surface area contributed by atoms with Crippen LogP contribution >= 0.6 is 0 Å². The Morgan fingerprint density at radius 1 is 0.783 bits per heavy atom. The number of piperazine rings is 1. The fraction of sp³-hybridized carbons (Fsp3) is 0.308. The van der Waals surface area contributed by atoms with Gasteiger partial charge in [0.1, 0.15) is 24.4 Å². The first-order valence-corrected chi connectivity index (χ1v) is 18.3. The van der Waals surface area contributed by atoms with Gasteiger partial charge in [0.25, 0.3) is 11.8 Å². The van der Waals surface area contributed by atoms with Gasteiger partial charge in [-0.15, -0.1) is 0 Å². The number of carboxylic acid groups (broad SMARTS) is 1. The van der Waals surface area contributed by atoms with Crippen molar-refractivity contribution in [1.29, 1.82) is 0 Å². The van der Waals surface area contributed by atoms with Crippen LogP contribution in [0.2, 0.25) is 0 Å². The molecule has 318 valence electrons. The van der Waals surface area contributed by atoms with Gasteiger partial charge in [-0.1, -0.05) is 12.1 Å². The molecule has 1 fully saturated rings. The summed E-state index contributed by atoms with van der Waals surface area (Å²) >= 11 is 0. The summed E-state index contributed by atoms with van der Waals surface area (Å²) < 4.78 is 14.2. The lowest BCUT2D eigenvalue weighted by Gasteiger charge is -2.41. The Hall–Kier alpha value is -7.71. The SMILES string of the molecule is COC(=O)NC(N)=Nc1ccc(C(=O)NCCCC2C(=O)N(CC(=O)O)CCN2C(=O)C(Cc2ccc(OC)cc2)NC(=O)c2ccc(N=C(N)NC(=O)OC)cc2)cc1. The molecule has 0 saturated carbocycles. The summed E-state index contributed by atoms with van der Waals surface area (Å²) in [6.07, 6.45) is -1.31. The number of hydrogen-bond acceptors (Lipinski definition) is 12. The van der Waals surface area contributed by atoms with Crippen molar-refractivity contribution in [2.24, 2.45) is 21.5 Å². The molecular formula is C39H46N10O11. The van der Waals surface area contributed by atoms with Crippen LogP contribution in [0.3, 0.4) is 0 Å². The fourth-order valence-electron chi connectivity index (χ4n) is 5.96. The smallest absolute Gasteiger partial charge is 0.413 e. The Labute approximate surface area is 344 Å². The van der Waals surface area contributed by atoms with Gasteiger partial charge >= 0.3 is 18.2 Å². The number of nitrogens with one attached hydrogen (secondary N) is 4. The molecule has 3 aromatic rings. The Bertz CT molecular complexity index is 2090. The number of hydrogen-bond donors (Lipinski definition) is 7. The lowest BCUT2D eigenvalue weighted by atomic mass is 9.99. The summed E-state index contributed by atoms with van der Waals surface area (Å²) in [5.41, 5.74) is 13.2. The molecule has 60 heavy (non-hydrogen) atoms. The highest BCUT2D eigenvalue weighted by Crippen LogP contribution is 2.21. The van der Waals surface area contributed by atoms with Crippen molar-refractivity contribution in [1.82, 2.24) is 31.1 Å². The average Bonchev–Trinajstić information content (AvgIpc) is 3.23. The number of carboxylic acids is 1. The third kappa shape index (κ3) is 13.2. The molecule has 2 atom stereocenters. The van der Waals surface area contributed by atoms with Gasteiger partial charge in [0.15, 0.2) is 0 Å². The van der Waals surface area contributed by atoms with Crippen LogP contribution in [0.25, 0.3) is 0 Å². The Morgan fingerprint density at radius 2 is 1.32 bits per heavy atom. The Balaban J connectivity index is 1.50. The molecule has 21 nitrogen and oxygen atoms in total. The van der Waals surface area contributed by atoms with Crippen molar-refractivity contribution in [3.05, 3.63) is 89.5 Å². The van der Waals surface area contributed by atoms with Gasteiger partial charge in [-0.2, -0.15) is 0 Å². The van der Waals surface area contributed by atoms with Crippen molar-refractivity contribution in [2.75, 3.05) is 47.5 Å². The van der Waals surface area contributed by atoms with Crippen LogP contribution in [-0.2, 0) is 30.3 Å². The Morgan fingerprint density at radius 3 is 1.82 bits per heavy atom. The van der Waals surface area contributed by atoms with Gasteiger partial charge in [0, 0.05) is 37.2 Å². The van der Waals surface area contributed by atoms with E-state index in [1.165, 1.54) is 74.8 Å². The number of ether oxygens (including phenoxy) is 3. The van der Waals surface area contributed by atoms with Gasteiger partial charge in [-0.25, -0.2) is 19.6 Å². The van der Waals surface area contributed by atoms with E-state index in [1.807, 2.05) is 0 Å². The second kappa shape index (κ2) is 21.7. The molecule has 3 aromatic carbocycles. The van der Waals surface area contributed by atoms with E-state index >= 15 is 0 Å². The van der Waals surface area contributed by atoms with Crippen LogP contribution in [0.5, 0.6) is 5.75 Å². The van der Waals surface area contributed by atoms with Crippen molar-refractivity contribution >= 4 is 65.1 Å². The third-order valence-electron chi connectivity index (χ3n) is 8.92. The number of aliphatic imine (C=N–C) groups is 2. The number of amides is 6. The van der Waals surface area contributed by atoms with Gasteiger partial charge in [0.2, 0.25) is 23.7 Å². The summed E-state index contributed by atoms with van der Waals surface area (Å²) in [5, 5.41) is 19.5. The summed E-state index contributed by atoms with van der Waals surface area (Å²) in [7, 11) is 3.85. The van der Waals surface area contributed by atoms with Crippen molar-refractivity contribution in [2.45, 2.75) is 31.3 Å². The van der Waals surface area contributed by atoms with E-state index in [4.69, 9.17) is 16.2 Å². The highest BCUT2D eigenvalue weighted by Gasteiger charge is 2.40. The second-order valence-electron chi connectivity index (χ2n) is 13.0. The van der Waals surface area contributed by atoms with Crippen LogP contribution in [-0.4, -0.2) is 128 Å². The number of guanidine groups is 2.